The molecule has 1 aliphatic heterocycles. The first kappa shape index (κ1) is 18.1. The van der Waals surface area contributed by atoms with Crippen molar-refractivity contribution >= 4 is 28.1 Å². The summed E-state index contributed by atoms with van der Waals surface area (Å²) in [5, 5.41) is 6.08. The Morgan fingerprint density at radius 2 is 2.22 bits per heavy atom. The summed E-state index contributed by atoms with van der Waals surface area (Å²) in [7, 11) is 0. The third-order valence-corrected chi connectivity index (χ3v) is 5.95. The minimum Gasteiger partial charge on any atom is -0.378 e. The van der Waals surface area contributed by atoms with Crippen LogP contribution in [0.1, 0.15) is 43.0 Å². The molecule has 140 valence electrons. The molecular weight excluding hydrogens is 356 g/mol. The van der Waals surface area contributed by atoms with E-state index in [4.69, 9.17) is 9.72 Å². The maximum absolute atomic E-state index is 13.0. The van der Waals surface area contributed by atoms with Gasteiger partial charge >= 0.3 is 0 Å². The summed E-state index contributed by atoms with van der Waals surface area (Å²) < 4.78 is 5.69. The largest absolute Gasteiger partial charge is 0.378 e. The fourth-order valence-corrected chi connectivity index (χ4v) is 4.28. The first-order valence-corrected chi connectivity index (χ1v) is 10.4. The number of pyridine rings is 1. The van der Waals surface area contributed by atoms with E-state index in [1.807, 2.05) is 47.8 Å². The van der Waals surface area contributed by atoms with Crippen LogP contribution in [-0.4, -0.2) is 29.6 Å². The van der Waals surface area contributed by atoms with Gasteiger partial charge in [0.25, 0.3) is 5.91 Å². The van der Waals surface area contributed by atoms with E-state index in [1.165, 1.54) is 0 Å². The van der Waals surface area contributed by atoms with Crippen LogP contribution in [0, 0.1) is 0 Å². The summed E-state index contributed by atoms with van der Waals surface area (Å²) >= 11 is 1.63. The van der Waals surface area contributed by atoms with Crippen molar-refractivity contribution in [1.82, 2.24) is 10.3 Å². The summed E-state index contributed by atoms with van der Waals surface area (Å²) in [6.45, 7) is 2.94. The third kappa shape index (κ3) is 4.20. The highest BCUT2D eigenvalue weighted by Gasteiger charge is 2.19. The molecule has 1 N–H and O–H groups in total. The van der Waals surface area contributed by atoms with Crippen molar-refractivity contribution in [3.05, 3.63) is 53.4 Å². The van der Waals surface area contributed by atoms with Gasteiger partial charge in [-0.25, -0.2) is 4.98 Å². The Morgan fingerprint density at radius 3 is 3.00 bits per heavy atom. The number of aromatic nitrogens is 1. The van der Waals surface area contributed by atoms with Crippen LogP contribution < -0.4 is 5.32 Å². The van der Waals surface area contributed by atoms with Gasteiger partial charge in [0.1, 0.15) is 0 Å². The van der Waals surface area contributed by atoms with Crippen LogP contribution in [-0.2, 0) is 4.74 Å². The first-order chi connectivity index (χ1) is 13.2. The van der Waals surface area contributed by atoms with Crippen molar-refractivity contribution in [3.63, 3.8) is 0 Å². The second-order valence-corrected chi connectivity index (χ2v) is 8.08. The van der Waals surface area contributed by atoms with Gasteiger partial charge in [0.2, 0.25) is 0 Å². The Kier molecular flexibility index (Phi) is 5.50. The number of para-hydroxylation sites is 1. The molecule has 2 aromatic heterocycles. The van der Waals surface area contributed by atoms with Crippen molar-refractivity contribution in [2.75, 3.05) is 6.61 Å². The van der Waals surface area contributed by atoms with E-state index in [-0.39, 0.29) is 11.9 Å². The molecule has 3 aromatic rings. The third-order valence-electron chi connectivity index (χ3n) is 5.06. The standard InChI is InChI=1S/C22H24N2O2S/c1-15(10-11-16-6-4-12-26-16)23-22(25)18-14-20(21-9-5-13-27-21)24-19-8-3-2-7-17(18)19/h2-3,5,7-9,13-16H,4,6,10-12H2,1H3,(H,23,25). The van der Waals surface area contributed by atoms with Gasteiger partial charge in [-0.05, 0) is 56.2 Å². The second-order valence-electron chi connectivity index (χ2n) is 7.14. The van der Waals surface area contributed by atoms with Gasteiger partial charge in [0, 0.05) is 18.0 Å². The number of fused-ring (bicyclic) bond motifs is 1. The number of rotatable bonds is 6. The number of hydrogen-bond donors (Lipinski definition) is 1. The topological polar surface area (TPSA) is 51.2 Å². The summed E-state index contributed by atoms with van der Waals surface area (Å²) in [6, 6.07) is 13.9. The molecule has 27 heavy (non-hydrogen) atoms. The number of nitrogens with zero attached hydrogens (tertiary/aromatic N) is 1. The molecule has 2 unspecified atom stereocenters. The minimum absolute atomic E-state index is 0.0359. The molecule has 0 radical (unpaired) electrons. The number of thiophene rings is 1. The van der Waals surface area contributed by atoms with Gasteiger partial charge < -0.3 is 10.1 Å². The van der Waals surface area contributed by atoms with Gasteiger partial charge in [-0.2, -0.15) is 0 Å². The normalized spacial score (nSPS) is 17.9. The zero-order valence-electron chi connectivity index (χ0n) is 15.5. The van der Waals surface area contributed by atoms with Crippen LogP contribution in [0.4, 0.5) is 0 Å². The predicted molar refractivity (Wildman–Crippen MR) is 110 cm³/mol. The van der Waals surface area contributed by atoms with E-state index in [2.05, 4.69) is 12.2 Å². The lowest BCUT2D eigenvalue weighted by atomic mass is 10.0. The van der Waals surface area contributed by atoms with Crippen LogP contribution in [0.3, 0.4) is 0 Å². The minimum atomic E-state index is -0.0359. The predicted octanol–water partition coefficient (Wildman–Crippen LogP) is 5.04. The lowest BCUT2D eigenvalue weighted by Gasteiger charge is -2.17. The number of carbonyl (C=O) groups is 1. The number of carbonyl (C=O) groups excluding carboxylic acids is 1. The summed E-state index contributed by atoms with van der Waals surface area (Å²) in [5.41, 5.74) is 2.38. The van der Waals surface area contributed by atoms with E-state index in [9.17, 15) is 4.79 Å². The van der Waals surface area contributed by atoms with Gasteiger partial charge in [-0.15, -0.1) is 11.3 Å². The van der Waals surface area contributed by atoms with Crippen molar-refractivity contribution in [2.24, 2.45) is 0 Å². The highest BCUT2D eigenvalue weighted by atomic mass is 32.1. The molecule has 4 rings (SSSR count). The summed E-state index contributed by atoms with van der Waals surface area (Å²) in [4.78, 5) is 18.8. The Morgan fingerprint density at radius 1 is 1.33 bits per heavy atom. The number of benzene rings is 1. The molecule has 2 atom stereocenters. The summed E-state index contributed by atoms with van der Waals surface area (Å²) in [6.07, 6.45) is 4.58. The molecule has 5 heteroatoms. The first-order valence-electron chi connectivity index (χ1n) is 9.57. The zero-order chi connectivity index (χ0) is 18.6. The molecule has 1 aromatic carbocycles. The van der Waals surface area contributed by atoms with Crippen LogP contribution >= 0.6 is 11.3 Å². The molecule has 0 aliphatic carbocycles. The molecular formula is C22H24N2O2S. The van der Waals surface area contributed by atoms with Crippen LogP contribution in [0.5, 0.6) is 0 Å². The Labute approximate surface area is 163 Å². The highest BCUT2D eigenvalue weighted by Crippen LogP contribution is 2.28. The van der Waals surface area contributed by atoms with Gasteiger partial charge in [-0.3, -0.25) is 4.79 Å². The van der Waals surface area contributed by atoms with Crippen molar-refractivity contribution in [2.45, 2.75) is 44.8 Å². The van der Waals surface area contributed by atoms with Crippen LogP contribution in [0.15, 0.2) is 47.8 Å². The van der Waals surface area contributed by atoms with Gasteiger partial charge in [-0.1, -0.05) is 24.3 Å². The maximum Gasteiger partial charge on any atom is 0.252 e. The van der Waals surface area contributed by atoms with Gasteiger partial charge in [0.15, 0.2) is 0 Å². The molecule has 1 aliphatic rings. The van der Waals surface area contributed by atoms with Crippen molar-refractivity contribution in [3.8, 4) is 10.6 Å². The average molecular weight is 381 g/mol. The smallest absolute Gasteiger partial charge is 0.252 e. The fraction of sp³-hybridized carbons (Fsp3) is 0.364. The number of ether oxygens (including phenoxy) is 1. The maximum atomic E-state index is 13.0. The average Bonchev–Trinajstić information content (AvgIpc) is 3.39. The molecule has 4 nitrogen and oxygen atoms in total. The monoisotopic (exact) mass is 380 g/mol. The van der Waals surface area contributed by atoms with E-state index in [0.717, 1.165) is 53.8 Å². The molecule has 0 spiro atoms. The van der Waals surface area contributed by atoms with Crippen molar-refractivity contribution in [1.29, 1.82) is 0 Å². The SMILES string of the molecule is CC(CCC1CCCO1)NC(=O)c1cc(-c2cccs2)nc2ccccc12. The van der Waals surface area contributed by atoms with Gasteiger partial charge in [0.05, 0.1) is 27.8 Å². The van der Waals surface area contributed by atoms with E-state index < -0.39 is 0 Å². The van der Waals surface area contributed by atoms with Crippen molar-refractivity contribution < 1.29 is 9.53 Å². The highest BCUT2D eigenvalue weighted by molar-refractivity contribution is 7.13. The van der Waals surface area contributed by atoms with E-state index >= 15 is 0 Å². The molecule has 0 saturated carbocycles. The lowest BCUT2D eigenvalue weighted by molar-refractivity contribution is 0.0900. The van der Waals surface area contributed by atoms with E-state index in [1.54, 1.807) is 11.3 Å². The molecule has 1 amide bonds. The number of nitrogens with one attached hydrogen (secondary N) is 1. The lowest BCUT2D eigenvalue weighted by Crippen LogP contribution is -2.33. The van der Waals surface area contributed by atoms with E-state index in [0.29, 0.717) is 11.7 Å². The van der Waals surface area contributed by atoms with Crippen LogP contribution in [0.2, 0.25) is 0 Å². The Hall–Kier alpha value is -2.24. The quantitative estimate of drug-likeness (QED) is 0.652. The number of hydrogen-bond acceptors (Lipinski definition) is 4. The zero-order valence-corrected chi connectivity index (χ0v) is 16.3. The fourth-order valence-electron chi connectivity index (χ4n) is 3.60. The molecule has 0 bridgehead atoms. The Balaban J connectivity index is 1.55. The molecule has 1 saturated heterocycles. The molecule has 1 fully saturated rings. The van der Waals surface area contributed by atoms with Crippen LogP contribution in [0.25, 0.3) is 21.5 Å². The number of amides is 1. The second kappa shape index (κ2) is 8.19. The molecule has 3 heterocycles. The summed E-state index contributed by atoms with van der Waals surface area (Å²) in [5.74, 6) is -0.0359. The Bertz CT molecular complexity index is 917.